The summed E-state index contributed by atoms with van der Waals surface area (Å²) in [7, 11) is 0. The molecule has 0 atom stereocenters. The van der Waals surface area contributed by atoms with Crippen LogP contribution in [0.15, 0.2) is 28.2 Å². The molecule has 0 aromatic heterocycles. The molecule has 0 amide bonds. The zero-order chi connectivity index (χ0) is 9.97. The zero-order valence-electron chi connectivity index (χ0n) is 7.69. The van der Waals surface area contributed by atoms with E-state index in [-0.39, 0.29) is 0 Å². The average molecular weight is 273 g/mol. The smallest absolute Gasteiger partial charge is 0.0489 e. The van der Waals surface area contributed by atoms with Crippen molar-refractivity contribution in [3.63, 3.8) is 0 Å². The molecule has 0 radical (unpaired) electrons. The fourth-order valence-corrected chi connectivity index (χ4v) is 2.28. The maximum absolute atomic E-state index is 6.11. The molecule has 1 aliphatic rings. The molecule has 0 bridgehead atoms. The molecule has 0 unspecified atom stereocenters. The minimum Gasteiger partial charge on any atom is -0.313 e. The van der Waals surface area contributed by atoms with Gasteiger partial charge >= 0.3 is 0 Å². The summed E-state index contributed by atoms with van der Waals surface area (Å²) in [5, 5.41) is 4.11. The van der Waals surface area contributed by atoms with Gasteiger partial charge < -0.3 is 5.32 Å². The summed E-state index contributed by atoms with van der Waals surface area (Å²) in [6, 6.07) is 5.98. The van der Waals surface area contributed by atoms with Crippen LogP contribution in [0.2, 0.25) is 5.02 Å². The highest BCUT2D eigenvalue weighted by Crippen LogP contribution is 2.24. The monoisotopic (exact) mass is 271 g/mol. The molecule has 0 spiro atoms. The molecule has 1 fully saturated rings. The van der Waals surface area contributed by atoms with E-state index in [1.54, 1.807) is 0 Å². The Morgan fingerprint density at radius 2 is 2.29 bits per heavy atom. The maximum Gasteiger partial charge on any atom is 0.0489 e. The van der Waals surface area contributed by atoms with E-state index < -0.39 is 0 Å². The van der Waals surface area contributed by atoms with Crippen molar-refractivity contribution in [1.29, 1.82) is 0 Å². The van der Waals surface area contributed by atoms with Gasteiger partial charge in [-0.1, -0.05) is 45.2 Å². The third kappa shape index (κ3) is 2.38. The molecule has 14 heavy (non-hydrogen) atoms. The first-order valence-corrected chi connectivity index (χ1v) is 5.78. The van der Waals surface area contributed by atoms with E-state index in [2.05, 4.69) is 27.3 Å². The number of hydrogen-bond acceptors (Lipinski definition) is 1. The second-order valence-electron chi connectivity index (χ2n) is 3.40. The predicted octanol–water partition coefficient (Wildman–Crippen LogP) is 3.48. The molecule has 74 valence electrons. The van der Waals surface area contributed by atoms with Crippen LogP contribution in [0, 0.1) is 0 Å². The van der Waals surface area contributed by atoms with Crippen LogP contribution < -0.4 is 5.32 Å². The van der Waals surface area contributed by atoms with Crippen molar-refractivity contribution >= 4 is 33.6 Å². The molecule has 1 nitrogen and oxygen atoms in total. The summed E-state index contributed by atoms with van der Waals surface area (Å²) in [6.45, 7) is 2.08. The van der Waals surface area contributed by atoms with Gasteiger partial charge in [0.25, 0.3) is 0 Å². The minimum absolute atomic E-state index is 0.804. The summed E-state index contributed by atoms with van der Waals surface area (Å²) in [5.41, 5.74) is 2.53. The third-order valence-electron chi connectivity index (χ3n) is 2.30. The molecule has 0 saturated carbocycles. The Hall–Kier alpha value is -0.310. The Bertz CT molecular complexity index is 366. The van der Waals surface area contributed by atoms with Crippen molar-refractivity contribution in [3.05, 3.63) is 38.8 Å². The van der Waals surface area contributed by atoms with E-state index in [1.807, 2.05) is 18.2 Å². The highest BCUT2D eigenvalue weighted by atomic mass is 79.9. The quantitative estimate of drug-likeness (QED) is 0.825. The fourth-order valence-electron chi connectivity index (χ4n) is 1.55. The SMILES string of the molecule is Clc1cc(Br)ccc1/C=C1/CCNC1. The van der Waals surface area contributed by atoms with E-state index in [0.717, 1.165) is 34.6 Å². The highest BCUT2D eigenvalue weighted by Gasteiger charge is 2.06. The molecule has 0 aliphatic carbocycles. The van der Waals surface area contributed by atoms with Gasteiger partial charge in [-0.2, -0.15) is 0 Å². The van der Waals surface area contributed by atoms with Crippen molar-refractivity contribution in [3.8, 4) is 0 Å². The van der Waals surface area contributed by atoms with Crippen LogP contribution in [0.4, 0.5) is 0 Å². The van der Waals surface area contributed by atoms with Crippen molar-refractivity contribution in [2.75, 3.05) is 13.1 Å². The van der Waals surface area contributed by atoms with Crippen LogP contribution in [-0.2, 0) is 0 Å². The Kier molecular flexibility index (Phi) is 3.26. The lowest BCUT2D eigenvalue weighted by Crippen LogP contribution is -2.04. The summed E-state index contributed by atoms with van der Waals surface area (Å²) in [6.07, 6.45) is 3.31. The van der Waals surface area contributed by atoms with Gasteiger partial charge in [0.05, 0.1) is 0 Å². The lowest BCUT2D eigenvalue weighted by molar-refractivity contribution is 0.862. The van der Waals surface area contributed by atoms with Crippen LogP contribution >= 0.6 is 27.5 Å². The van der Waals surface area contributed by atoms with Gasteiger partial charge in [-0.05, 0) is 30.7 Å². The van der Waals surface area contributed by atoms with Gasteiger partial charge in [-0.15, -0.1) is 0 Å². The van der Waals surface area contributed by atoms with E-state index in [9.17, 15) is 0 Å². The number of rotatable bonds is 1. The number of hydrogen-bond donors (Lipinski definition) is 1. The minimum atomic E-state index is 0.804. The molecule has 1 heterocycles. The van der Waals surface area contributed by atoms with E-state index in [4.69, 9.17) is 11.6 Å². The lowest BCUT2D eigenvalue weighted by atomic mass is 10.1. The second kappa shape index (κ2) is 4.47. The van der Waals surface area contributed by atoms with Crippen molar-refractivity contribution < 1.29 is 0 Å². The van der Waals surface area contributed by atoms with Crippen LogP contribution in [-0.4, -0.2) is 13.1 Å². The first-order chi connectivity index (χ1) is 6.75. The van der Waals surface area contributed by atoms with Gasteiger partial charge in [0.1, 0.15) is 0 Å². The summed E-state index contributed by atoms with van der Waals surface area (Å²) in [5.74, 6) is 0. The van der Waals surface area contributed by atoms with Gasteiger partial charge in [0.2, 0.25) is 0 Å². The van der Waals surface area contributed by atoms with Crippen LogP contribution in [0.3, 0.4) is 0 Å². The van der Waals surface area contributed by atoms with Gasteiger partial charge in [0, 0.05) is 16.0 Å². The first-order valence-electron chi connectivity index (χ1n) is 4.61. The summed E-state index contributed by atoms with van der Waals surface area (Å²) in [4.78, 5) is 0. The molecule has 1 aliphatic heterocycles. The predicted molar refractivity (Wildman–Crippen MR) is 64.6 cm³/mol. The fraction of sp³-hybridized carbons (Fsp3) is 0.273. The van der Waals surface area contributed by atoms with Gasteiger partial charge in [-0.25, -0.2) is 0 Å². The third-order valence-corrected chi connectivity index (χ3v) is 3.12. The standard InChI is InChI=1S/C11H11BrClN/c12-10-2-1-9(11(13)6-10)5-8-3-4-14-7-8/h1-2,5-6,14H,3-4,7H2/b8-5-. The Morgan fingerprint density at radius 3 is 2.93 bits per heavy atom. The largest absolute Gasteiger partial charge is 0.313 e. The molecule has 3 heteroatoms. The van der Waals surface area contributed by atoms with Crippen LogP contribution in [0.25, 0.3) is 6.08 Å². The van der Waals surface area contributed by atoms with Gasteiger partial charge in [-0.3, -0.25) is 0 Å². The average Bonchev–Trinajstić information content (AvgIpc) is 2.62. The maximum atomic E-state index is 6.11. The zero-order valence-corrected chi connectivity index (χ0v) is 10.0. The lowest BCUT2D eigenvalue weighted by Gasteiger charge is -2.00. The van der Waals surface area contributed by atoms with E-state index in [0.29, 0.717) is 0 Å². The van der Waals surface area contributed by atoms with Crippen molar-refractivity contribution in [2.24, 2.45) is 0 Å². The summed E-state index contributed by atoms with van der Waals surface area (Å²) >= 11 is 9.50. The summed E-state index contributed by atoms with van der Waals surface area (Å²) < 4.78 is 1.02. The molecule has 1 N–H and O–H groups in total. The number of nitrogens with one attached hydrogen (secondary N) is 1. The van der Waals surface area contributed by atoms with Gasteiger partial charge in [0.15, 0.2) is 0 Å². The Morgan fingerprint density at radius 1 is 1.43 bits per heavy atom. The molecular formula is C11H11BrClN. The number of benzene rings is 1. The molecule has 1 aromatic carbocycles. The van der Waals surface area contributed by atoms with Crippen LogP contribution in [0.1, 0.15) is 12.0 Å². The molecular weight excluding hydrogens is 261 g/mol. The number of halogens is 2. The van der Waals surface area contributed by atoms with E-state index in [1.165, 1.54) is 5.57 Å². The Labute approximate surface area is 97.3 Å². The van der Waals surface area contributed by atoms with Crippen molar-refractivity contribution in [1.82, 2.24) is 5.32 Å². The van der Waals surface area contributed by atoms with Crippen molar-refractivity contribution in [2.45, 2.75) is 6.42 Å². The second-order valence-corrected chi connectivity index (χ2v) is 4.72. The highest BCUT2D eigenvalue weighted by molar-refractivity contribution is 9.10. The topological polar surface area (TPSA) is 12.0 Å². The molecule has 1 saturated heterocycles. The molecule has 2 rings (SSSR count). The Balaban J connectivity index is 2.28. The normalized spacial score (nSPS) is 19.1. The molecule has 1 aromatic rings. The first kappa shape index (κ1) is 10.2. The van der Waals surface area contributed by atoms with E-state index >= 15 is 0 Å². The van der Waals surface area contributed by atoms with Crippen LogP contribution in [0.5, 0.6) is 0 Å².